The number of ether oxygens (including phenoxy) is 3. The maximum atomic E-state index is 5.87. The van der Waals surface area contributed by atoms with Crippen LogP contribution in [0.25, 0.3) is 0 Å². The zero-order valence-electron chi connectivity index (χ0n) is 13.2. The van der Waals surface area contributed by atoms with Crippen molar-refractivity contribution in [1.29, 1.82) is 0 Å². The van der Waals surface area contributed by atoms with E-state index < -0.39 is 0 Å². The molecule has 3 N–H and O–H groups in total. The molecule has 0 spiro atoms. The van der Waals surface area contributed by atoms with Crippen molar-refractivity contribution in [2.45, 2.75) is 0 Å². The summed E-state index contributed by atoms with van der Waals surface area (Å²) in [5, 5.41) is 2.99. The molecule has 23 heavy (non-hydrogen) atoms. The molecule has 0 bridgehead atoms. The summed E-state index contributed by atoms with van der Waals surface area (Å²) in [6.07, 6.45) is 3.33. The van der Waals surface area contributed by atoms with Crippen LogP contribution in [-0.2, 0) is 0 Å². The van der Waals surface area contributed by atoms with Crippen LogP contribution in [0.2, 0.25) is 0 Å². The number of rotatable bonds is 7. The molecule has 1 aromatic heterocycles. The van der Waals surface area contributed by atoms with E-state index in [1.165, 1.54) is 0 Å². The van der Waals surface area contributed by atoms with Crippen molar-refractivity contribution in [1.82, 2.24) is 4.98 Å². The number of aromatic nitrogens is 1. The summed E-state index contributed by atoms with van der Waals surface area (Å²) in [6, 6.07) is 9.02. The molecular formula is C16H20N4O3. The van der Waals surface area contributed by atoms with Crippen LogP contribution < -0.4 is 25.3 Å². The highest BCUT2D eigenvalue weighted by molar-refractivity contribution is 5.94. The Balaban J connectivity index is 1.89. The van der Waals surface area contributed by atoms with Crippen LogP contribution in [0.1, 0.15) is 0 Å². The zero-order chi connectivity index (χ0) is 16.5. The van der Waals surface area contributed by atoms with Gasteiger partial charge in [0.1, 0.15) is 23.9 Å². The van der Waals surface area contributed by atoms with E-state index in [4.69, 9.17) is 19.9 Å². The number of anilines is 1. The number of methoxy groups -OCH3 is 2. The van der Waals surface area contributed by atoms with Crippen molar-refractivity contribution < 1.29 is 14.2 Å². The third-order valence-electron chi connectivity index (χ3n) is 2.95. The number of aliphatic imine (C=N–C) groups is 1. The molecule has 0 fully saturated rings. The van der Waals surface area contributed by atoms with Crippen molar-refractivity contribution >= 4 is 11.6 Å². The van der Waals surface area contributed by atoms with Gasteiger partial charge in [-0.05, 0) is 24.3 Å². The molecule has 0 saturated heterocycles. The Bertz CT molecular complexity index is 647. The number of hydrogen-bond acceptors (Lipinski definition) is 5. The van der Waals surface area contributed by atoms with Crippen LogP contribution >= 0.6 is 0 Å². The van der Waals surface area contributed by atoms with E-state index in [0.29, 0.717) is 36.1 Å². The second kappa shape index (κ2) is 8.47. The Hall–Kier alpha value is -2.96. The Morgan fingerprint density at radius 1 is 1.22 bits per heavy atom. The Morgan fingerprint density at radius 3 is 2.78 bits per heavy atom. The normalized spacial score (nSPS) is 11.0. The lowest BCUT2D eigenvalue weighted by atomic mass is 10.2. The number of hydrogen-bond donors (Lipinski definition) is 2. The van der Waals surface area contributed by atoms with Crippen LogP contribution in [0, 0.1) is 0 Å². The molecule has 122 valence electrons. The van der Waals surface area contributed by atoms with E-state index >= 15 is 0 Å². The average Bonchev–Trinajstić information content (AvgIpc) is 2.59. The second-order valence-electron chi connectivity index (χ2n) is 4.50. The lowest BCUT2D eigenvalue weighted by Gasteiger charge is -2.12. The fourth-order valence-electron chi connectivity index (χ4n) is 1.85. The summed E-state index contributed by atoms with van der Waals surface area (Å²) in [5.74, 6) is 2.31. The molecule has 7 nitrogen and oxygen atoms in total. The van der Waals surface area contributed by atoms with Gasteiger partial charge in [0.15, 0.2) is 5.96 Å². The predicted molar refractivity (Wildman–Crippen MR) is 89.4 cm³/mol. The summed E-state index contributed by atoms with van der Waals surface area (Å²) < 4.78 is 15.9. The molecule has 0 atom stereocenters. The quantitative estimate of drug-likeness (QED) is 0.460. The standard InChI is InChI=1S/C16H20N4O3/c1-21-12-5-6-15(22-2)14(10-12)20-16(17)19-8-9-23-13-4-3-7-18-11-13/h3-7,10-11H,8-9H2,1-2H3,(H3,17,19,20). The maximum absolute atomic E-state index is 5.87. The Morgan fingerprint density at radius 2 is 2.09 bits per heavy atom. The lowest BCUT2D eigenvalue weighted by Crippen LogP contribution is -2.24. The van der Waals surface area contributed by atoms with Crippen LogP contribution in [-0.4, -0.2) is 38.3 Å². The average molecular weight is 316 g/mol. The van der Waals surface area contributed by atoms with Crippen molar-refractivity contribution in [2.24, 2.45) is 10.7 Å². The molecule has 1 aromatic carbocycles. The van der Waals surface area contributed by atoms with Gasteiger partial charge < -0.3 is 25.3 Å². The predicted octanol–water partition coefficient (Wildman–Crippen LogP) is 1.90. The highest BCUT2D eigenvalue weighted by Gasteiger charge is 2.05. The van der Waals surface area contributed by atoms with Crippen LogP contribution in [0.5, 0.6) is 17.2 Å². The molecule has 0 unspecified atom stereocenters. The molecule has 2 rings (SSSR count). The van der Waals surface area contributed by atoms with E-state index in [1.807, 2.05) is 12.1 Å². The van der Waals surface area contributed by atoms with Gasteiger partial charge in [-0.2, -0.15) is 0 Å². The molecule has 0 amide bonds. The van der Waals surface area contributed by atoms with Crippen molar-refractivity contribution in [3.63, 3.8) is 0 Å². The molecular weight excluding hydrogens is 296 g/mol. The minimum Gasteiger partial charge on any atom is -0.497 e. The summed E-state index contributed by atoms with van der Waals surface area (Å²) in [6.45, 7) is 0.823. The van der Waals surface area contributed by atoms with E-state index in [2.05, 4.69) is 15.3 Å². The van der Waals surface area contributed by atoms with Crippen LogP contribution in [0.4, 0.5) is 5.69 Å². The molecule has 0 radical (unpaired) electrons. The van der Waals surface area contributed by atoms with E-state index in [0.717, 1.165) is 0 Å². The largest absolute Gasteiger partial charge is 0.497 e. The SMILES string of the molecule is COc1ccc(OC)c(NC(N)=NCCOc2cccnc2)c1. The zero-order valence-corrected chi connectivity index (χ0v) is 13.2. The molecule has 0 aliphatic rings. The smallest absolute Gasteiger partial charge is 0.193 e. The first-order valence-electron chi connectivity index (χ1n) is 7.04. The van der Waals surface area contributed by atoms with Gasteiger partial charge in [0.25, 0.3) is 0 Å². The molecule has 0 saturated carbocycles. The number of nitrogens with one attached hydrogen (secondary N) is 1. The third kappa shape index (κ3) is 5.06. The molecule has 2 aromatic rings. The second-order valence-corrected chi connectivity index (χ2v) is 4.50. The van der Waals surface area contributed by atoms with E-state index in [-0.39, 0.29) is 5.96 Å². The fraction of sp³-hybridized carbons (Fsp3) is 0.250. The van der Waals surface area contributed by atoms with Crippen molar-refractivity contribution in [3.05, 3.63) is 42.7 Å². The molecule has 0 aliphatic carbocycles. The summed E-state index contributed by atoms with van der Waals surface area (Å²) in [4.78, 5) is 8.17. The highest BCUT2D eigenvalue weighted by atomic mass is 16.5. The number of benzene rings is 1. The van der Waals surface area contributed by atoms with Crippen LogP contribution in [0.3, 0.4) is 0 Å². The number of nitrogens with two attached hydrogens (primary N) is 1. The molecule has 0 aliphatic heterocycles. The van der Waals surface area contributed by atoms with Gasteiger partial charge in [-0.15, -0.1) is 0 Å². The first kappa shape index (κ1) is 16.4. The van der Waals surface area contributed by atoms with Crippen molar-refractivity contribution in [3.8, 4) is 17.2 Å². The van der Waals surface area contributed by atoms with Gasteiger partial charge in [-0.1, -0.05) is 0 Å². The van der Waals surface area contributed by atoms with Gasteiger partial charge >= 0.3 is 0 Å². The minimum atomic E-state index is 0.270. The number of pyridine rings is 1. The topological polar surface area (TPSA) is 91.0 Å². The first-order chi connectivity index (χ1) is 11.2. The fourth-order valence-corrected chi connectivity index (χ4v) is 1.85. The summed E-state index contributed by atoms with van der Waals surface area (Å²) in [5.41, 5.74) is 6.56. The van der Waals surface area contributed by atoms with Gasteiger partial charge in [0.2, 0.25) is 0 Å². The van der Waals surface area contributed by atoms with Crippen molar-refractivity contribution in [2.75, 3.05) is 32.7 Å². The molecule has 1 heterocycles. The first-order valence-corrected chi connectivity index (χ1v) is 7.04. The maximum Gasteiger partial charge on any atom is 0.193 e. The van der Waals surface area contributed by atoms with Crippen LogP contribution in [0.15, 0.2) is 47.7 Å². The van der Waals surface area contributed by atoms with Gasteiger partial charge in [0, 0.05) is 12.3 Å². The van der Waals surface area contributed by atoms with Gasteiger partial charge in [0.05, 0.1) is 32.6 Å². The monoisotopic (exact) mass is 316 g/mol. The number of nitrogens with zero attached hydrogens (tertiary/aromatic N) is 2. The lowest BCUT2D eigenvalue weighted by molar-refractivity contribution is 0.327. The Kier molecular flexibility index (Phi) is 6.05. The summed E-state index contributed by atoms with van der Waals surface area (Å²) >= 11 is 0. The highest BCUT2D eigenvalue weighted by Crippen LogP contribution is 2.28. The number of guanidine groups is 1. The third-order valence-corrected chi connectivity index (χ3v) is 2.95. The Labute approximate surface area is 135 Å². The van der Waals surface area contributed by atoms with E-state index in [9.17, 15) is 0 Å². The van der Waals surface area contributed by atoms with Gasteiger partial charge in [-0.3, -0.25) is 4.98 Å². The summed E-state index contributed by atoms with van der Waals surface area (Å²) in [7, 11) is 3.18. The van der Waals surface area contributed by atoms with Gasteiger partial charge in [-0.25, -0.2) is 4.99 Å². The minimum absolute atomic E-state index is 0.270. The van der Waals surface area contributed by atoms with E-state index in [1.54, 1.807) is 44.8 Å². The molecule has 7 heteroatoms.